The number of rotatable bonds is 2. The molecule has 1 amide bonds. The fourth-order valence-corrected chi connectivity index (χ4v) is 3.31. The fraction of sp³-hybridized carbons (Fsp3) is 0.923. The first kappa shape index (κ1) is 15.2. The second-order valence-corrected chi connectivity index (χ2v) is 6.36. The molecular formula is C13H27N3O2. The molecule has 0 aromatic rings. The third kappa shape index (κ3) is 2.95. The van der Waals surface area contributed by atoms with E-state index in [0.29, 0.717) is 13.1 Å². The summed E-state index contributed by atoms with van der Waals surface area (Å²) in [6.07, 6.45) is -0.818. The molecule has 5 nitrogen and oxygen atoms in total. The molecule has 0 saturated carbocycles. The molecule has 1 rings (SSSR count). The molecule has 3 unspecified atom stereocenters. The minimum absolute atomic E-state index is 0.00208. The van der Waals surface area contributed by atoms with Crippen LogP contribution in [0.1, 0.15) is 34.6 Å². The van der Waals surface area contributed by atoms with E-state index in [0.717, 1.165) is 6.54 Å². The van der Waals surface area contributed by atoms with Gasteiger partial charge in [0.05, 0.1) is 6.04 Å². The highest BCUT2D eigenvalue weighted by atomic mass is 16.4. The Morgan fingerprint density at radius 1 is 1.39 bits per heavy atom. The molecule has 0 radical (unpaired) electrons. The molecule has 0 aromatic carbocycles. The summed E-state index contributed by atoms with van der Waals surface area (Å²) in [6.45, 7) is 12.5. The standard InChI is InChI=1S/C13H27N3O2/c1-9-8-16(12(17)18)11(13(3,4)5)10(2)15(9)7-6-14/h9-11H,6-8,14H2,1-5H3,(H,17,18). The first-order valence-electron chi connectivity index (χ1n) is 6.65. The van der Waals surface area contributed by atoms with Gasteiger partial charge >= 0.3 is 6.09 Å². The normalized spacial score (nSPS) is 30.6. The number of piperazine rings is 1. The van der Waals surface area contributed by atoms with Gasteiger partial charge in [0.2, 0.25) is 0 Å². The molecule has 0 aliphatic carbocycles. The molecule has 1 heterocycles. The molecule has 0 spiro atoms. The molecule has 1 aliphatic heterocycles. The lowest BCUT2D eigenvalue weighted by atomic mass is 9.79. The number of hydrogen-bond donors (Lipinski definition) is 2. The van der Waals surface area contributed by atoms with Gasteiger partial charge < -0.3 is 15.7 Å². The summed E-state index contributed by atoms with van der Waals surface area (Å²) in [4.78, 5) is 15.4. The molecule has 1 fully saturated rings. The number of carboxylic acid groups (broad SMARTS) is 1. The largest absolute Gasteiger partial charge is 0.465 e. The van der Waals surface area contributed by atoms with Crippen LogP contribution in [0.25, 0.3) is 0 Å². The highest BCUT2D eigenvalue weighted by molar-refractivity contribution is 5.66. The zero-order valence-corrected chi connectivity index (χ0v) is 12.2. The van der Waals surface area contributed by atoms with Gasteiger partial charge in [-0.15, -0.1) is 0 Å². The van der Waals surface area contributed by atoms with Crippen LogP contribution in [0.4, 0.5) is 4.79 Å². The third-order valence-corrected chi connectivity index (χ3v) is 3.86. The highest BCUT2D eigenvalue weighted by Crippen LogP contribution is 2.33. The Balaban J connectivity index is 3.03. The van der Waals surface area contributed by atoms with Crippen molar-refractivity contribution >= 4 is 6.09 Å². The van der Waals surface area contributed by atoms with Gasteiger partial charge in [-0.1, -0.05) is 20.8 Å². The molecule has 1 saturated heterocycles. The lowest BCUT2D eigenvalue weighted by molar-refractivity contribution is -0.0392. The number of amides is 1. The van der Waals surface area contributed by atoms with Crippen LogP contribution in [0.5, 0.6) is 0 Å². The molecule has 0 aromatic heterocycles. The number of carbonyl (C=O) groups is 1. The van der Waals surface area contributed by atoms with Crippen LogP contribution in [0.15, 0.2) is 0 Å². The van der Waals surface area contributed by atoms with E-state index in [1.165, 1.54) is 0 Å². The van der Waals surface area contributed by atoms with Crippen molar-refractivity contribution in [2.45, 2.75) is 52.7 Å². The first-order chi connectivity index (χ1) is 8.20. The Hall–Kier alpha value is -0.810. The van der Waals surface area contributed by atoms with Crippen molar-refractivity contribution < 1.29 is 9.90 Å². The maximum atomic E-state index is 11.4. The van der Waals surface area contributed by atoms with Gasteiger partial charge in [0.25, 0.3) is 0 Å². The molecule has 18 heavy (non-hydrogen) atoms. The summed E-state index contributed by atoms with van der Waals surface area (Å²) in [5.74, 6) is 0. The molecule has 3 atom stereocenters. The topological polar surface area (TPSA) is 69.8 Å². The maximum Gasteiger partial charge on any atom is 0.407 e. The Kier molecular flexibility index (Phi) is 4.61. The van der Waals surface area contributed by atoms with Crippen molar-refractivity contribution in [2.75, 3.05) is 19.6 Å². The van der Waals surface area contributed by atoms with Gasteiger partial charge in [0.15, 0.2) is 0 Å². The zero-order chi connectivity index (χ0) is 14.1. The van der Waals surface area contributed by atoms with Crippen molar-refractivity contribution in [3.63, 3.8) is 0 Å². The fourth-order valence-electron chi connectivity index (χ4n) is 3.31. The van der Waals surface area contributed by atoms with Crippen LogP contribution in [-0.4, -0.2) is 58.8 Å². The molecule has 5 heteroatoms. The minimum atomic E-state index is -0.818. The molecule has 106 valence electrons. The quantitative estimate of drug-likeness (QED) is 0.785. The average Bonchev–Trinajstić information content (AvgIpc) is 2.21. The van der Waals surface area contributed by atoms with Gasteiger partial charge in [-0.05, 0) is 19.3 Å². The van der Waals surface area contributed by atoms with Crippen LogP contribution in [0, 0.1) is 5.41 Å². The predicted molar refractivity (Wildman–Crippen MR) is 72.7 cm³/mol. The summed E-state index contributed by atoms with van der Waals surface area (Å²) in [7, 11) is 0. The van der Waals surface area contributed by atoms with Crippen molar-refractivity contribution in [3.05, 3.63) is 0 Å². The van der Waals surface area contributed by atoms with Crippen molar-refractivity contribution in [1.82, 2.24) is 9.80 Å². The van der Waals surface area contributed by atoms with E-state index in [2.05, 4.69) is 39.5 Å². The summed E-state index contributed by atoms with van der Waals surface area (Å²) in [6, 6.07) is 0.407. The third-order valence-electron chi connectivity index (χ3n) is 3.86. The van der Waals surface area contributed by atoms with E-state index in [4.69, 9.17) is 5.73 Å². The Morgan fingerprint density at radius 2 is 1.94 bits per heavy atom. The SMILES string of the molecule is CC1CN(C(=O)O)C(C(C)(C)C)C(C)N1CCN. The monoisotopic (exact) mass is 257 g/mol. The Labute approximate surface area is 110 Å². The van der Waals surface area contributed by atoms with E-state index >= 15 is 0 Å². The molecular weight excluding hydrogens is 230 g/mol. The predicted octanol–water partition coefficient (Wildman–Crippen LogP) is 1.43. The van der Waals surface area contributed by atoms with Crippen molar-refractivity contribution in [2.24, 2.45) is 11.1 Å². The number of hydrogen-bond acceptors (Lipinski definition) is 3. The van der Waals surface area contributed by atoms with Gasteiger partial charge in [-0.3, -0.25) is 4.90 Å². The van der Waals surface area contributed by atoms with Gasteiger partial charge in [0.1, 0.15) is 0 Å². The van der Waals surface area contributed by atoms with E-state index < -0.39 is 6.09 Å². The second kappa shape index (κ2) is 5.45. The van der Waals surface area contributed by atoms with Gasteiger partial charge in [-0.2, -0.15) is 0 Å². The summed E-state index contributed by atoms with van der Waals surface area (Å²) in [5, 5.41) is 9.41. The smallest absolute Gasteiger partial charge is 0.407 e. The van der Waals surface area contributed by atoms with Crippen LogP contribution in [-0.2, 0) is 0 Å². The minimum Gasteiger partial charge on any atom is -0.465 e. The Morgan fingerprint density at radius 3 is 2.33 bits per heavy atom. The zero-order valence-electron chi connectivity index (χ0n) is 12.2. The average molecular weight is 257 g/mol. The lowest BCUT2D eigenvalue weighted by Gasteiger charge is -2.53. The van der Waals surface area contributed by atoms with E-state index in [9.17, 15) is 9.90 Å². The number of nitrogens with zero attached hydrogens (tertiary/aromatic N) is 2. The van der Waals surface area contributed by atoms with E-state index in [1.54, 1.807) is 4.90 Å². The summed E-state index contributed by atoms with van der Waals surface area (Å²) < 4.78 is 0. The molecule has 1 aliphatic rings. The van der Waals surface area contributed by atoms with E-state index in [-0.39, 0.29) is 23.5 Å². The van der Waals surface area contributed by atoms with Crippen LogP contribution < -0.4 is 5.73 Å². The second-order valence-electron chi connectivity index (χ2n) is 6.36. The lowest BCUT2D eigenvalue weighted by Crippen LogP contribution is -2.67. The van der Waals surface area contributed by atoms with Crippen LogP contribution in [0.2, 0.25) is 0 Å². The number of nitrogens with two attached hydrogens (primary N) is 1. The van der Waals surface area contributed by atoms with Crippen molar-refractivity contribution in [1.29, 1.82) is 0 Å². The van der Waals surface area contributed by atoms with Gasteiger partial charge in [0, 0.05) is 31.7 Å². The highest BCUT2D eigenvalue weighted by Gasteiger charge is 2.45. The van der Waals surface area contributed by atoms with Gasteiger partial charge in [-0.25, -0.2) is 4.79 Å². The molecule has 3 N–H and O–H groups in total. The summed E-state index contributed by atoms with van der Waals surface area (Å²) >= 11 is 0. The van der Waals surface area contributed by atoms with Crippen molar-refractivity contribution in [3.8, 4) is 0 Å². The summed E-state index contributed by atoms with van der Waals surface area (Å²) in [5.41, 5.74) is 5.58. The van der Waals surface area contributed by atoms with Crippen LogP contribution >= 0.6 is 0 Å². The molecule has 0 bridgehead atoms. The van der Waals surface area contributed by atoms with E-state index in [1.807, 2.05) is 0 Å². The first-order valence-corrected chi connectivity index (χ1v) is 6.65. The maximum absolute atomic E-state index is 11.4. The van der Waals surface area contributed by atoms with Crippen LogP contribution in [0.3, 0.4) is 0 Å². The Bertz CT molecular complexity index is 301.